The van der Waals surface area contributed by atoms with Crippen LogP contribution in [-0.2, 0) is 4.74 Å². The number of carbonyl (C=O) groups excluding carboxylic acids is 2. The summed E-state index contributed by atoms with van der Waals surface area (Å²) in [6.07, 6.45) is -1.45. The molecule has 156 valence electrons. The summed E-state index contributed by atoms with van der Waals surface area (Å²) in [5, 5.41) is 21.8. The van der Waals surface area contributed by atoms with Gasteiger partial charge in [-0.3, -0.25) is 25.0 Å². The average molecular weight is 441 g/mol. The van der Waals surface area contributed by atoms with Crippen LogP contribution in [-0.4, -0.2) is 21.6 Å². The number of ketones is 1. The lowest BCUT2D eigenvalue weighted by Crippen LogP contribution is -2.20. The molecule has 3 aromatic carbocycles. The van der Waals surface area contributed by atoms with Gasteiger partial charge in [-0.1, -0.05) is 41.9 Å². The maximum Gasteiger partial charge on any atom is 0.340 e. The van der Waals surface area contributed by atoms with Gasteiger partial charge in [0.1, 0.15) is 0 Å². The Labute approximate surface area is 180 Å². The zero-order valence-corrected chi connectivity index (χ0v) is 16.4. The van der Waals surface area contributed by atoms with Gasteiger partial charge in [0.15, 0.2) is 6.10 Å². The second-order valence-electron chi connectivity index (χ2n) is 6.29. The van der Waals surface area contributed by atoms with Crippen molar-refractivity contribution in [3.05, 3.63) is 115 Å². The zero-order valence-electron chi connectivity index (χ0n) is 15.6. The molecule has 3 aromatic rings. The van der Waals surface area contributed by atoms with Gasteiger partial charge in [0, 0.05) is 35.4 Å². The number of halogens is 1. The summed E-state index contributed by atoms with van der Waals surface area (Å²) >= 11 is 5.99. The number of nitrogens with zero attached hydrogens (tertiary/aromatic N) is 2. The van der Waals surface area contributed by atoms with Crippen molar-refractivity contribution in [1.82, 2.24) is 0 Å². The Morgan fingerprint density at radius 2 is 1.42 bits per heavy atom. The first-order valence-electron chi connectivity index (χ1n) is 8.76. The predicted molar refractivity (Wildman–Crippen MR) is 110 cm³/mol. The summed E-state index contributed by atoms with van der Waals surface area (Å²) in [7, 11) is 0. The number of hydrogen-bond donors (Lipinski definition) is 0. The fraction of sp³-hybridized carbons (Fsp3) is 0.0476. The molecule has 10 heteroatoms. The third-order valence-electron chi connectivity index (χ3n) is 4.31. The topological polar surface area (TPSA) is 130 Å². The van der Waals surface area contributed by atoms with E-state index in [-0.39, 0.29) is 33.1 Å². The number of nitro groups is 2. The van der Waals surface area contributed by atoms with Crippen molar-refractivity contribution in [1.29, 1.82) is 0 Å². The third-order valence-corrected chi connectivity index (χ3v) is 4.64. The molecule has 0 bridgehead atoms. The van der Waals surface area contributed by atoms with E-state index in [9.17, 15) is 29.8 Å². The van der Waals surface area contributed by atoms with Crippen LogP contribution in [0.4, 0.5) is 11.4 Å². The van der Waals surface area contributed by atoms with E-state index in [0.717, 1.165) is 12.1 Å². The number of rotatable bonds is 7. The maximum absolute atomic E-state index is 13.0. The molecule has 3 rings (SSSR count). The number of nitro benzene ring substituents is 2. The Bertz CT molecular complexity index is 1160. The van der Waals surface area contributed by atoms with Gasteiger partial charge < -0.3 is 4.74 Å². The van der Waals surface area contributed by atoms with Crippen LogP contribution < -0.4 is 0 Å². The van der Waals surface area contributed by atoms with Gasteiger partial charge in [0.25, 0.3) is 11.4 Å². The van der Waals surface area contributed by atoms with Gasteiger partial charge in [-0.2, -0.15) is 0 Å². The molecular weight excluding hydrogens is 428 g/mol. The molecule has 0 aliphatic heterocycles. The number of esters is 1. The van der Waals surface area contributed by atoms with Crippen molar-refractivity contribution >= 4 is 34.7 Å². The van der Waals surface area contributed by atoms with Crippen LogP contribution >= 0.6 is 11.6 Å². The van der Waals surface area contributed by atoms with E-state index in [2.05, 4.69) is 0 Å². The minimum Gasteiger partial charge on any atom is -0.445 e. The monoisotopic (exact) mass is 440 g/mol. The van der Waals surface area contributed by atoms with Gasteiger partial charge in [-0.05, 0) is 18.2 Å². The molecule has 0 fully saturated rings. The van der Waals surface area contributed by atoms with Crippen LogP contribution in [0.2, 0.25) is 5.02 Å². The quantitative estimate of drug-likeness (QED) is 0.220. The minimum atomic E-state index is -1.45. The number of benzene rings is 3. The predicted octanol–water partition coefficient (Wildman–Crippen LogP) is 4.94. The first-order chi connectivity index (χ1) is 14.8. The van der Waals surface area contributed by atoms with Crippen LogP contribution in [0.1, 0.15) is 32.4 Å². The van der Waals surface area contributed by atoms with Gasteiger partial charge in [0.2, 0.25) is 5.78 Å². The second-order valence-corrected chi connectivity index (χ2v) is 6.69. The first-order valence-corrected chi connectivity index (χ1v) is 9.14. The fourth-order valence-corrected chi connectivity index (χ4v) is 2.95. The van der Waals surface area contributed by atoms with E-state index in [1.54, 1.807) is 18.2 Å². The van der Waals surface area contributed by atoms with Crippen LogP contribution in [0.15, 0.2) is 72.8 Å². The fourth-order valence-electron chi connectivity index (χ4n) is 2.75. The van der Waals surface area contributed by atoms with Gasteiger partial charge >= 0.3 is 5.97 Å². The average Bonchev–Trinajstić information content (AvgIpc) is 2.77. The standard InChI is InChI=1S/C21H13ClN2O7/c22-18-11-10-16(24(29)30)12-17(18)21(26)31-20(19(25)13-4-2-1-3-5-13)14-6-8-15(9-7-14)23(27)28/h1-12,20H/t20-/m0/s1. The molecule has 0 radical (unpaired) electrons. The van der Waals surface area contributed by atoms with E-state index in [0.29, 0.717) is 0 Å². The number of non-ortho nitro benzene ring substituents is 2. The Balaban J connectivity index is 1.99. The van der Waals surface area contributed by atoms with Crippen LogP contribution in [0.25, 0.3) is 0 Å². The molecular formula is C21H13ClN2O7. The molecule has 0 saturated carbocycles. The highest BCUT2D eigenvalue weighted by Gasteiger charge is 2.29. The zero-order chi connectivity index (χ0) is 22.5. The summed E-state index contributed by atoms with van der Waals surface area (Å²) < 4.78 is 5.39. The van der Waals surface area contributed by atoms with Gasteiger partial charge in [0.05, 0.1) is 20.4 Å². The summed E-state index contributed by atoms with van der Waals surface area (Å²) in [5.41, 5.74) is -0.442. The molecule has 0 aromatic heterocycles. The van der Waals surface area contributed by atoms with Crippen LogP contribution in [0.5, 0.6) is 0 Å². The lowest BCUT2D eigenvalue weighted by atomic mass is 9.99. The van der Waals surface area contributed by atoms with Crippen molar-refractivity contribution in [2.75, 3.05) is 0 Å². The molecule has 0 unspecified atom stereocenters. The largest absolute Gasteiger partial charge is 0.445 e. The van der Waals surface area contributed by atoms with Crippen molar-refractivity contribution in [2.24, 2.45) is 0 Å². The Morgan fingerprint density at radius 3 is 2.00 bits per heavy atom. The molecule has 0 amide bonds. The SMILES string of the molecule is O=C(O[C@H](C(=O)c1ccccc1)c1ccc([N+](=O)[O-])cc1)c1cc([N+](=O)[O-])ccc1Cl. The lowest BCUT2D eigenvalue weighted by Gasteiger charge is -2.18. The molecule has 9 nitrogen and oxygen atoms in total. The Kier molecular flexibility index (Phi) is 6.37. The van der Waals surface area contributed by atoms with Crippen LogP contribution in [0.3, 0.4) is 0 Å². The lowest BCUT2D eigenvalue weighted by molar-refractivity contribution is -0.385. The van der Waals surface area contributed by atoms with Crippen LogP contribution in [0, 0.1) is 20.2 Å². The van der Waals surface area contributed by atoms with Crippen molar-refractivity contribution in [2.45, 2.75) is 6.10 Å². The molecule has 0 N–H and O–H groups in total. The number of Topliss-reactive ketones (excluding diaryl/α,β-unsaturated/α-hetero) is 1. The normalized spacial score (nSPS) is 11.4. The summed E-state index contributed by atoms with van der Waals surface area (Å²) in [6.45, 7) is 0. The third kappa shape index (κ3) is 4.90. The highest BCUT2D eigenvalue weighted by molar-refractivity contribution is 6.33. The van der Waals surface area contributed by atoms with E-state index < -0.39 is 27.7 Å². The summed E-state index contributed by atoms with van der Waals surface area (Å²) in [4.78, 5) is 46.4. The highest BCUT2D eigenvalue weighted by atomic mass is 35.5. The molecule has 0 aliphatic rings. The molecule has 0 saturated heterocycles. The molecule has 0 heterocycles. The summed E-state index contributed by atoms with van der Waals surface area (Å²) in [5.74, 6) is -1.63. The highest BCUT2D eigenvalue weighted by Crippen LogP contribution is 2.29. The number of ether oxygens (including phenoxy) is 1. The molecule has 0 spiro atoms. The molecule has 31 heavy (non-hydrogen) atoms. The number of hydrogen-bond acceptors (Lipinski definition) is 7. The Hall–Kier alpha value is -4.11. The van der Waals surface area contributed by atoms with Crippen molar-refractivity contribution in [3.8, 4) is 0 Å². The van der Waals surface area contributed by atoms with E-state index in [1.165, 1.54) is 42.5 Å². The molecule has 1 atom stereocenters. The van der Waals surface area contributed by atoms with E-state index in [4.69, 9.17) is 16.3 Å². The minimum absolute atomic E-state index is 0.0924. The second kappa shape index (κ2) is 9.14. The van der Waals surface area contributed by atoms with Gasteiger partial charge in [-0.15, -0.1) is 0 Å². The van der Waals surface area contributed by atoms with Crippen molar-refractivity contribution in [3.63, 3.8) is 0 Å². The molecule has 0 aliphatic carbocycles. The smallest absolute Gasteiger partial charge is 0.340 e. The van der Waals surface area contributed by atoms with E-state index in [1.807, 2.05) is 0 Å². The maximum atomic E-state index is 13.0. The number of carbonyl (C=O) groups is 2. The van der Waals surface area contributed by atoms with E-state index >= 15 is 0 Å². The van der Waals surface area contributed by atoms with Gasteiger partial charge in [-0.25, -0.2) is 4.79 Å². The summed E-state index contributed by atoms with van der Waals surface area (Å²) in [6, 6.07) is 16.2. The first kappa shape index (κ1) is 21.6. The van der Waals surface area contributed by atoms with Crippen molar-refractivity contribution < 1.29 is 24.2 Å². The Morgan fingerprint density at radius 1 is 0.839 bits per heavy atom.